The van der Waals surface area contributed by atoms with E-state index in [1.54, 1.807) is 0 Å². The first kappa shape index (κ1) is 14.1. The van der Waals surface area contributed by atoms with Crippen molar-refractivity contribution in [3.8, 4) is 0 Å². The van der Waals surface area contributed by atoms with E-state index in [4.69, 9.17) is 0 Å². The highest BCUT2D eigenvalue weighted by Gasteiger charge is 2.15. The molecule has 0 radical (unpaired) electrons. The highest BCUT2D eigenvalue weighted by Crippen LogP contribution is 2.27. The molecule has 1 aliphatic heterocycles. The normalized spacial score (nSPS) is 12.7. The Kier molecular flexibility index (Phi) is 3.72. The molecule has 3 nitrogen and oxygen atoms in total. The Bertz CT molecular complexity index is 702. The molecular formula is C17H17BrN2O. The van der Waals surface area contributed by atoms with Crippen molar-refractivity contribution in [3.63, 3.8) is 0 Å². The molecule has 0 unspecified atom stereocenters. The van der Waals surface area contributed by atoms with Crippen molar-refractivity contribution in [1.29, 1.82) is 0 Å². The van der Waals surface area contributed by atoms with Crippen LogP contribution in [0.3, 0.4) is 0 Å². The van der Waals surface area contributed by atoms with Crippen molar-refractivity contribution in [2.45, 2.75) is 20.3 Å². The second-order valence-corrected chi connectivity index (χ2v) is 6.33. The smallest absolute Gasteiger partial charge is 0.255 e. The topological polar surface area (TPSA) is 41.1 Å². The van der Waals surface area contributed by atoms with Gasteiger partial charge >= 0.3 is 0 Å². The van der Waals surface area contributed by atoms with E-state index in [1.807, 2.05) is 44.2 Å². The summed E-state index contributed by atoms with van der Waals surface area (Å²) in [6.07, 6.45) is 0.979. The summed E-state index contributed by atoms with van der Waals surface area (Å²) < 4.78 is 1.03. The minimum Gasteiger partial charge on any atom is -0.384 e. The second kappa shape index (κ2) is 5.53. The maximum Gasteiger partial charge on any atom is 0.255 e. The molecule has 0 saturated heterocycles. The lowest BCUT2D eigenvalue weighted by Crippen LogP contribution is -2.14. The molecule has 2 aromatic carbocycles. The van der Waals surface area contributed by atoms with Gasteiger partial charge in [-0.3, -0.25) is 4.79 Å². The molecule has 0 fully saturated rings. The third-order valence-electron chi connectivity index (χ3n) is 3.81. The monoisotopic (exact) mass is 344 g/mol. The lowest BCUT2D eigenvalue weighted by molar-refractivity contribution is 0.102. The van der Waals surface area contributed by atoms with E-state index in [2.05, 4.69) is 26.6 Å². The fourth-order valence-corrected chi connectivity index (χ4v) is 3.43. The zero-order chi connectivity index (χ0) is 15.0. The molecule has 1 heterocycles. The third-order valence-corrected chi connectivity index (χ3v) is 4.27. The third kappa shape index (κ3) is 2.81. The SMILES string of the molecule is Cc1cc(Br)cc(C)c1NC(=O)c1ccc2c(c1)CCN2. The molecule has 4 heteroatoms. The number of carbonyl (C=O) groups is 1. The zero-order valence-electron chi connectivity index (χ0n) is 12.1. The van der Waals surface area contributed by atoms with Gasteiger partial charge in [-0.25, -0.2) is 0 Å². The van der Waals surface area contributed by atoms with Crippen molar-refractivity contribution in [3.05, 3.63) is 57.1 Å². The first-order valence-corrected chi connectivity index (χ1v) is 7.79. The summed E-state index contributed by atoms with van der Waals surface area (Å²) in [5.74, 6) is -0.0572. The van der Waals surface area contributed by atoms with Crippen LogP contribution in [0.15, 0.2) is 34.8 Å². The predicted octanol–water partition coefficient (Wildman–Crippen LogP) is 4.29. The minimum atomic E-state index is -0.0572. The first-order valence-electron chi connectivity index (χ1n) is 6.99. The Morgan fingerprint density at radius 3 is 2.62 bits per heavy atom. The summed E-state index contributed by atoms with van der Waals surface area (Å²) in [4.78, 5) is 12.5. The number of halogens is 1. The van der Waals surface area contributed by atoms with Crippen LogP contribution >= 0.6 is 15.9 Å². The van der Waals surface area contributed by atoms with Crippen LogP contribution in [0.4, 0.5) is 11.4 Å². The average Bonchev–Trinajstić information content (AvgIpc) is 2.89. The molecule has 0 saturated carbocycles. The fourth-order valence-electron chi connectivity index (χ4n) is 2.74. The maximum atomic E-state index is 12.5. The van der Waals surface area contributed by atoms with Crippen molar-refractivity contribution >= 4 is 33.2 Å². The number of fused-ring (bicyclic) bond motifs is 1. The molecule has 2 N–H and O–H groups in total. The number of benzene rings is 2. The van der Waals surface area contributed by atoms with E-state index in [0.29, 0.717) is 5.56 Å². The maximum absolute atomic E-state index is 12.5. The largest absolute Gasteiger partial charge is 0.384 e. The van der Waals surface area contributed by atoms with E-state index in [9.17, 15) is 4.79 Å². The number of carbonyl (C=O) groups excluding carboxylic acids is 1. The average molecular weight is 345 g/mol. The minimum absolute atomic E-state index is 0.0572. The van der Waals surface area contributed by atoms with Crippen LogP contribution in [-0.4, -0.2) is 12.5 Å². The van der Waals surface area contributed by atoms with E-state index < -0.39 is 0 Å². The van der Waals surface area contributed by atoms with E-state index in [-0.39, 0.29) is 5.91 Å². The summed E-state index contributed by atoms with van der Waals surface area (Å²) in [7, 11) is 0. The van der Waals surface area contributed by atoms with Crippen LogP contribution in [0, 0.1) is 13.8 Å². The quantitative estimate of drug-likeness (QED) is 0.853. The lowest BCUT2D eigenvalue weighted by atomic mass is 10.1. The number of nitrogens with one attached hydrogen (secondary N) is 2. The van der Waals surface area contributed by atoms with Gasteiger partial charge < -0.3 is 10.6 Å². The summed E-state index contributed by atoms with van der Waals surface area (Å²) >= 11 is 3.47. The number of amides is 1. The summed E-state index contributed by atoms with van der Waals surface area (Å²) in [5.41, 5.74) is 6.06. The van der Waals surface area contributed by atoms with Crippen molar-refractivity contribution in [2.75, 3.05) is 17.2 Å². The Morgan fingerprint density at radius 2 is 1.90 bits per heavy atom. The summed E-state index contributed by atoms with van der Waals surface area (Å²) in [6, 6.07) is 9.85. The highest BCUT2D eigenvalue weighted by atomic mass is 79.9. The fraction of sp³-hybridized carbons (Fsp3) is 0.235. The number of aryl methyl sites for hydroxylation is 2. The van der Waals surface area contributed by atoms with E-state index in [0.717, 1.165) is 39.9 Å². The van der Waals surface area contributed by atoms with Gasteiger partial charge in [0.25, 0.3) is 5.91 Å². The van der Waals surface area contributed by atoms with Gasteiger partial charge in [-0.1, -0.05) is 15.9 Å². The van der Waals surface area contributed by atoms with Gasteiger partial charge in [0.15, 0.2) is 0 Å². The lowest BCUT2D eigenvalue weighted by Gasteiger charge is -2.13. The zero-order valence-corrected chi connectivity index (χ0v) is 13.7. The molecule has 0 spiro atoms. The van der Waals surface area contributed by atoms with Crippen LogP contribution in [0.25, 0.3) is 0 Å². The number of hydrogen-bond donors (Lipinski definition) is 2. The van der Waals surface area contributed by atoms with Crippen molar-refractivity contribution in [1.82, 2.24) is 0 Å². The predicted molar refractivity (Wildman–Crippen MR) is 90.2 cm³/mol. The molecule has 2 aromatic rings. The van der Waals surface area contributed by atoms with Gasteiger partial charge in [-0.2, -0.15) is 0 Å². The van der Waals surface area contributed by atoms with Gasteiger partial charge in [-0.05, 0) is 67.3 Å². The number of hydrogen-bond acceptors (Lipinski definition) is 2. The van der Waals surface area contributed by atoms with Crippen molar-refractivity contribution < 1.29 is 4.79 Å². The van der Waals surface area contributed by atoms with Crippen LogP contribution < -0.4 is 10.6 Å². The van der Waals surface area contributed by atoms with Crippen LogP contribution in [0.2, 0.25) is 0 Å². The summed E-state index contributed by atoms with van der Waals surface area (Å²) in [6.45, 7) is 4.95. The molecule has 0 atom stereocenters. The molecule has 0 aliphatic carbocycles. The Hall–Kier alpha value is -1.81. The highest BCUT2D eigenvalue weighted by molar-refractivity contribution is 9.10. The molecule has 108 valence electrons. The standard InChI is InChI=1S/C17H17BrN2O/c1-10-7-14(18)8-11(2)16(10)20-17(21)13-3-4-15-12(9-13)5-6-19-15/h3-4,7-9,19H,5-6H2,1-2H3,(H,20,21). The molecule has 0 aromatic heterocycles. The second-order valence-electron chi connectivity index (χ2n) is 5.42. The molecule has 1 aliphatic rings. The van der Waals surface area contributed by atoms with Gasteiger partial charge in [0.05, 0.1) is 0 Å². The molecule has 0 bridgehead atoms. The summed E-state index contributed by atoms with van der Waals surface area (Å²) in [5, 5.41) is 6.34. The Balaban J connectivity index is 1.87. The van der Waals surface area contributed by atoms with E-state index in [1.165, 1.54) is 5.56 Å². The first-order chi connectivity index (χ1) is 10.0. The number of rotatable bonds is 2. The molecular weight excluding hydrogens is 328 g/mol. The van der Waals surface area contributed by atoms with Gasteiger partial charge in [0, 0.05) is 28.0 Å². The molecule has 21 heavy (non-hydrogen) atoms. The van der Waals surface area contributed by atoms with Gasteiger partial charge in [0.1, 0.15) is 0 Å². The van der Waals surface area contributed by atoms with Crippen LogP contribution in [-0.2, 0) is 6.42 Å². The van der Waals surface area contributed by atoms with Gasteiger partial charge in [0.2, 0.25) is 0 Å². The van der Waals surface area contributed by atoms with Gasteiger partial charge in [-0.15, -0.1) is 0 Å². The van der Waals surface area contributed by atoms with Crippen LogP contribution in [0.1, 0.15) is 27.0 Å². The van der Waals surface area contributed by atoms with Crippen LogP contribution in [0.5, 0.6) is 0 Å². The van der Waals surface area contributed by atoms with Crippen molar-refractivity contribution in [2.24, 2.45) is 0 Å². The number of anilines is 2. The van der Waals surface area contributed by atoms with E-state index >= 15 is 0 Å². The molecule has 3 rings (SSSR count). The Labute approximate surface area is 132 Å². The Morgan fingerprint density at radius 1 is 1.19 bits per heavy atom. The molecule has 1 amide bonds.